The molecule has 1 saturated heterocycles. The lowest BCUT2D eigenvalue weighted by Crippen LogP contribution is -2.42. The summed E-state index contributed by atoms with van der Waals surface area (Å²) in [5.41, 5.74) is 6.91. The molecule has 2 aromatic rings. The van der Waals surface area contributed by atoms with E-state index >= 15 is 0 Å². The Labute approximate surface area is 160 Å². The Balaban J connectivity index is 1.58. The number of halogens is 1. The van der Waals surface area contributed by atoms with Gasteiger partial charge in [-0.05, 0) is 39.7 Å². The molecule has 0 unspecified atom stereocenters. The molecule has 0 radical (unpaired) electrons. The molecule has 0 bridgehead atoms. The summed E-state index contributed by atoms with van der Waals surface area (Å²) < 4.78 is 7.82. The van der Waals surface area contributed by atoms with E-state index in [-0.39, 0.29) is 11.8 Å². The van der Waals surface area contributed by atoms with Crippen LogP contribution in [0, 0.1) is 0 Å². The van der Waals surface area contributed by atoms with Crippen LogP contribution in [0.2, 0.25) is 0 Å². The van der Waals surface area contributed by atoms with Crippen LogP contribution in [0.15, 0.2) is 41.0 Å². The number of aryl methyl sites for hydroxylation is 1. The molecule has 0 atom stereocenters. The molecular weight excluding hydrogens is 400 g/mol. The van der Waals surface area contributed by atoms with Crippen LogP contribution >= 0.6 is 15.9 Å². The summed E-state index contributed by atoms with van der Waals surface area (Å²) in [5.74, 6) is -0.730. The van der Waals surface area contributed by atoms with E-state index in [4.69, 9.17) is 4.74 Å². The highest BCUT2D eigenvalue weighted by Gasteiger charge is 2.14. The quantitative estimate of drug-likeness (QED) is 0.737. The summed E-state index contributed by atoms with van der Waals surface area (Å²) in [6, 6.07) is 9.09. The molecule has 1 fully saturated rings. The molecule has 2 heterocycles. The predicted molar refractivity (Wildman–Crippen MR) is 101 cm³/mol. The number of nitrogens with zero attached hydrogens (tertiary/aromatic N) is 2. The zero-order chi connectivity index (χ0) is 18.5. The summed E-state index contributed by atoms with van der Waals surface area (Å²) in [7, 11) is 1.76. The number of rotatable bonds is 4. The van der Waals surface area contributed by atoms with Gasteiger partial charge in [0.2, 0.25) is 0 Å². The minimum atomic E-state index is -0.379. The predicted octanol–water partition coefficient (Wildman–Crippen LogP) is 1.69. The number of hydrogen-bond donors (Lipinski definition) is 2. The van der Waals surface area contributed by atoms with E-state index in [1.165, 1.54) is 0 Å². The first-order valence-corrected chi connectivity index (χ1v) is 9.14. The zero-order valence-electron chi connectivity index (χ0n) is 14.5. The van der Waals surface area contributed by atoms with Gasteiger partial charge < -0.3 is 9.30 Å². The molecular formula is C18H21BrN4O3. The molecule has 26 heavy (non-hydrogen) atoms. The van der Waals surface area contributed by atoms with Gasteiger partial charge in [0, 0.05) is 42.9 Å². The molecule has 2 amide bonds. The van der Waals surface area contributed by atoms with Crippen LogP contribution in [-0.4, -0.2) is 47.6 Å². The number of amides is 2. The standard InChI is InChI=1S/C18H21BrN4O3/c1-22-12-15(19)10-16(22)18(25)21-20-17(24)14-4-2-3-13(9-14)11-23-5-7-26-8-6-23/h2-4,9-10,12H,5-8,11H2,1H3,(H,20,24)(H,21,25). The molecule has 3 rings (SSSR count). The molecule has 138 valence electrons. The smallest absolute Gasteiger partial charge is 0.286 e. The van der Waals surface area contributed by atoms with Crippen LogP contribution < -0.4 is 10.9 Å². The van der Waals surface area contributed by atoms with E-state index in [0.717, 1.165) is 42.9 Å². The number of hydrazine groups is 1. The maximum atomic E-state index is 12.3. The summed E-state index contributed by atoms with van der Waals surface area (Å²) >= 11 is 3.32. The number of carbonyl (C=O) groups excluding carboxylic acids is 2. The molecule has 0 aliphatic carbocycles. The lowest BCUT2D eigenvalue weighted by Gasteiger charge is -2.26. The Hall–Kier alpha value is -2.16. The van der Waals surface area contributed by atoms with Crippen molar-refractivity contribution in [1.29, 1.82) is 0 Å². The Morgan fingerprint density at radius 1 is 1.15 bits per heavy atom. The van der Waals surface area contributed by atoms with Gasteiger partial charge in [0.1, 0.15) is 5.69 Å². The molecule has 8 heteroatoms. The van der Waals surface area contributed by atoms with Gasteiger partial charge in [-0.15, -0.1) is 0 Å². The summed E-state index contributed by atoms with van der Waals surface area (Å²) in [6.45, 7) is 4.02. The highest BCUT2D eigenvalue weighted by molar-refractivity contribution is 9.10. The van der Waals surface area contributed by atoms with Crippen molar-refractivity contribution in [3.05, 3.63) is 57.8 Å². The fourth-order valence-electron chi connectivity index (χ4n) is 2.83. The van der Waals surface area contributed by atoms with Crippen molar-refractivity contribution in [1.82, 2.24) is 20.3 Å². The van der Waals surface area contributed by atoms with Gasteiger partial charge in [0.05, 0.1) is 13.2 Å². The molecule has 1 aliphatic rings. The first kappa shape index (κ1) is 18.6. The number of nitrogens with one attached hydrogen (secondary N) is 2. The van der Waals surface area contributed by atoms with Gasteiger partial charge in [0.15, 0.2) is 0 Å². The van der Waals surface area contributed by atoms with E-state index in [1.54, 1.807) is 29.9 Å². The van der Waals surface area contributed by atoms with Crippen molar-refractivity contribution in [2.75, 3.05) is 26.3 Å². The maximum absolute atomic E-state index is 12.3. The minimum Gasteiger partial charge on any atom is -0.379 e. The molecule has 1 aromatic carbocycles. The van der Waals surface area contributed by atoms with E-state index in [9.17, 15) is 9.59 Å². The van der Waals surface area contributed by atoms with Gasteiger partial charge >= 0.3 is 0 Å². The molecule has 1 aliphatic heterocycles. The number of morpholine rings is 1. The fraction of sp³-hybridized carbons (Fsp3) is 0.333. The second-order valence-electron chi connectivity index (χ2n) is 6.15. The van der Waals surface area contributed by atoms with E-state index in [1.807, 2.05) is 18.2 Å². The van der Waals surface area contributed by atoms with Crippen LogP contribution in [-0.2, 0) is 18.3 Å². The molecule has 1 aromatic heterocycles. The van der Waals surface area contributed by atoms with Crippen molar-refractivity contribution < 1.29 is 14.3 Å². The van der Waals surface area contributed by atoms with Crippen LogP contribution in [0.25, 0.3) is 0 Å². The Morgan fingerprint density at radius 2 is 1.88 bits per heavy atom. The van der Waals surface area contributed by atoms with Gasteiger partial charge in [-0.2, -0.15) is 0 Å². The number of hydrogen-bond acceptors (Lipinski definition) is 4. The second-order valence-corrected chi connectivity index (χ2v) is 7.07. The Kier molecular flexibility index (Phi) is 6.08. The van der Waals surface area contributed by atoms with Crippen molar-refractivity contribution in [3.8, 4) is 0 Å². The lowest BCUT2D eigenvalue weighted by atomic mass is 10.1. The number of carbonyl (C=O) groups is 2. The maximum Gasteiger partial charge on any atom is 0.286 e. The van der Waals surface area contributed by atoms with Crippen LogP contribution in [0.4, 0.5) is 0 Å². The second kappa shape index (κ2) is 8.48. The van der Waals surface area contributed by atoms with E-state index in [0.29, 0.717) is 11.3 Å². The van der Waals surface area contributed by atoms with Gasteiger partial charge in [-0.3, -0.25) is 25.3 Å². The summed E-state index contributed by atoms with van der Waals surface area (Å²) in [6.07, 6.45) is 1.77. The summed E-state index contributed by atoms with van der Waals surface area (Å²) in [4.78, 5) is 26.8. The number of benzene rings is 1. The average Bonchev–Trinajstić information content (AvgIpc) is 2.99. The molecule has 2 N–H and O–H groups in total. The van der Waals surface area contributed by atoms with E-state index in [2.05, 4.69) is 31.7 Å². The highest BCUT2D eigenvalue weighted by atomic mass is 79.9. The van der Waals surface area contributed by atoms with Crippen LogP contribution in [0.1, 0.15) is 26.4 Å². The molecule has 7 nitrogen and oxygen atoms in total. The third-order valence-electron chi connectivity index (χ3n) is 4.19. The molecule has 0 spiro atoms. The average molecular weight is 421 g/mol. The van der Waals surface area contributed by atoms with Gasteiger partial charge in [-0.25, -0.2) is 0 Å². The van der Waals surface area contributed by atoms with Crippen LogP contribution in [0.3, 0.4) is 0 Å². The van der Waals surface area contributed by atoms with E-state index < -0.39 is 0 Å². The lowest BCUT2D eigenvalue weighted by molar-refractivity contribution is 0.0342. The van der Waals surface area contributed by atoms with Crippen LogP contribution in [0.5, 0.6) is 0 Å². The largest absolute Gasteiger partial charge is 0.379 e. The van der Waals surface area contributed by atoms with Crippen molar-refractivity contribution in [3.63, 3.8) is 0 Å². The minimum absolute atomic E-state index is 0.351. The van der Waals surface area contributed by atoms with Crippen molar-refractivity contribution in [2.45, 2.75) is 6.54 Å². The molecule has 0 saturated carbocycles. The summed E-state index contributed by atoms with van der Waals surface area (Å²) in [5, 5.41) is 0. The van der Waals surface area contributed by atoms with Crippen molar-refractivity contribution in [2.24, 2.45) is 7.05 Å². The van der Waals surface area contributed by atoms with Crippen molar-refractivity contribution >= 4 is 27.7 Å². The zero-order valence-corrected chi connectivity index (χ0v) is 16.1. The third-order valence-corrected chi connectivity index (χ3v) is 4.63. The number of aromatic nitrogens is 1. The first-order chi connectivity index (χ1) is 12.5. The highest BCUT2D eigenvalue weighted by Crippen LogP contribution is 2.13. The Morgan fingerprint density at radius 3 is 2.58 bits per heavy atom. The number of ether oxygens (including phenoxy) is 1. The van der Waals surface area contributed by atoms with Gasteiger partial charge in [0.25, 0.3) is 11.8 Å². The fourth-order valence-corrected chi connectivity index (χ4v) is 3.35. The third kappa shape index (κ3) is 4.72. The van der Waals surface area contributed by atoms with Gasteiger partial charge in [-0.1, -0.05) is 12.1 Å². The SMILES string of the molecule is Cn1cc(Br)cc1C(=O)NNC(=O)c1cccc(CN2CCOCC2)c1. The first-order valence-electron chi connectivity index (χ1n) is 8.34. The topological polar surface area (TPSA) is 75.6 Å². The monoisotopic (exact) mass is 420 g/mol. The Bertz CT molecular complexity index is 799. The normalized spacial score (nSPS) is 14.8.